The van der Waals surface area contributed by atoms with Crippen LogP contribution in [-0.2, 0) is 12.8 Å². The summed E-state index contributed by atoms with van der Waals surface area (Å²) in [5.41, 5.74) is 4.67. The summed E-state index contributed by atoms with van der Waals surface area (Å²) in [6.07, 6.45) is 7.52. The van der Waals surface area contributed by atoms with E-state index in [1.807, 2.05) is 6.20 Å². The van der Waals surface area contributed by atoms with Crippen molar-refractivity contribution in [1.82, 2.24) is 15.0 Å². The molecule has 0 fully saturated rings. The lowest BCUT2D eigenvalue weighted by Crippen LogP contribution is -2.06. The van der Waals surface area contributed by atoms with Gasteiger partial charge in [-0.25, -0.2) is 0 Å². The number of aryl methyl sites for hydroxylation is 2. The molecule has 0 saturated carbocycles. The van der Waals surface area contributed by atoms with E-state index in [1.165, 1.54) is 11.3 Å². The van der Waals surface area contributed by atoms with E-state index >= 15 is 0 Å². The number of nitrogens with zero attached hydrogens (tertiary/aromatic N) is 2. The van der Waals surface area contributed by atoms with Gasteiger partial charge in [-0.05, 0) is 18.9 Å². The molecule has 2 heterocycles. The normalized spacial score (nSPS) is 13.5. The van der Waals surface area contributed by atoms with Gasteiger partial charge in [0.2, 0.25) is 0 Å². The molecular formula is C10H9N3. The average molecular weight is 171 g/mol. The summed E-state index contributed by atoms with van der Waals surface area (Å²) < 4.78 is 0. The number of aromatic nitrogens is 3. The highest BCUT2D eigenvalue weighted by Crippen LogP contribution is 2.29. The lowest BCUT2D eigenvalue weighted by atomic mass is 9.98. The Balaban J connectivity index is 2.30. The Morgan fingerprint density at radius 3 is 3.08 bits per heavy atom. The van der Waals surface area contributed by atoms with Crippen LogP contribution in [0.3, 0.4) is 0 Å². The summed E-state index contributed by atoms with van der Waals surface area (Å²) in [6.45, 7) is 0. The molecule has 2 aromatic heterocycles. The standard InChI is InChI=1S/C10H9N3/c1-2-9-10(13-6-5-12-9)7-3-4-11-8(1)7/h3-6,11H,1-2H2. The number of hydrogen-bond donors (Lipinski definition) is 1. The predicted octanol–water partition coefficient (Wildman–Crippen LogP) is 1.57. The summed E-state index contributed by atoms with van der Waals surface area (Å²) in [7, 11) is 0. The lowest BCUT2D eigenvalue weighted by molar-refractivity contribution is 0.858. The molecule has 2 aromatic rings. The van der Waals surface area contributed by atoms with E-state index in [4.69, 9.17) is 0 Å². The van der Waals surface area contributed by atoms with Gasteiger partial charge in [0.1, 0.15) is 0 Å². The van der Waals surface area contributed by atoms with Crippen LogP contribution in [-0.4, -0.2) is 15.0 Å². The van der Waals surface area contributed by atoms with Crippen LogP contribution in [0.5, 0.6) is 0 Å². The number of rotatable bonds is 0. The average Bonchev–Trinajstić information content (AvgIpc) is 2.65. The van der Waals surface area contributed by atoms with Crippen molar-refractivity contribution >= 4 is 0 Å². The molecule has 64 valence electrons. The summed E-state index contributed by atoms with van der Waals surface area (Å²) >= 11 is 0. The zero-order valence-electron chi connectivity index (χ0n) is 7.12. The second-order valence-corrected chi connectivity index (χ2v) is 3.22. The Kier molecular flexibility index (Phi) is 1.27. The molecule has 0 amide bonds. The number of H-pyrrole nitrogens is 1. The van der Waals surface area contributed by atoms with Crippen molar-refractivity contribution in [1.29, 1.82) is 0 Å². The van der Waals surface area contributed by atoms with Gasteiger partial charge in [0.05, 0.1) is 11.4 Å². The topological polar surface area (TPSA) is 41.6 Å². The Morgan fingerprint density at radius 2 is 2.08 bits per heavy atom. The Labute approximate surface area is 75.9 Å². The minimum Gasteiger partial charge on any atom is -0.364 e. The molecule has 0 saturated heterocycles. The van der Waals surface area contributed by atoms with Gasteiger partial charge in [-0.15, -0.1) is 0 Å². The van der Waals surface area contributed by atoms with Crippen LogP contribution in [0, 0.1) is 0 Å². The molecule has 0 aromatic carbocycles. The maximum atomic E-state index is 4.35. The van der Waals surface area contributed by atoms with E-state index in [2.05, 4.69) is 21.0 Å². The number of nitrogens with one attached hydrogen (secondary N) is 1. The Hall–Kier alpha value is -1.64. The molecule has 3 nitrogen and oxygen atoms in total. The first kappa shape index (κ1) is 6.83. The quantitative estimate of drug-likeness (QED) is 0.653. The molecule has 13 heavy (non-hydrogen) atoms. The van der Waals surface area contributed by atoms with Crippen molar-refractivity contribution < 1.29 is 0 Å². The van der Waals surface area contributed by atoms with Crippen LogP contribution in [0.4, 0.5) is 0 Å². The smallest absolute Gasteiger partial charge is 0.0935 e. The monoisotopic (exact) mass is 171 g/mol. The minimum atomic E-state index is 0.997. The van der Waals surface area contributed by atoms with Crippen LogP contribution in [0.15, 0.2) is 24.7 Å². The van der Waals surface area contributed by atoms with Gasteiger partial charge in [-0.1, -0.05) is 0 Å². The van der Waals surface area contributed by atoms with E-state index in [9.17, 15) is 0 Å². The molecular weight excluding hydrogens is 162 g/mol. The van der Waals surface area contributed by atoms with E-state index in [0.717, 1.165) is 24.2 Å². The van der Waals surface area contributed by atoms with Crippen LogP contribution < -0.4 is 0 Å². The summed E-state index contributed by atoms with van der Waals surface area (Å²) in [4.78, 5) is 11.9. The molecule has 0 radical (unpaired) electrons. The maximum absolute atomic E-state index is 4.35. The number of fused-ring (bicyclic) bond motifs is 3. The fraction of sp³-hybridized carbons (Fsp3) is 0.200. The van der Waals surface area contributed by atoms with Crippen LogP contribution >= 0.6 is 0 Å². The third-order valence-corrected chi connectivity index (χ3v) is 2.47. The highest BCUT2D eigenvalue weighted by molar-refractivity contribution is 5.66. The van der Waals surface area contributed by atoms with Crippen LogP contribution in [0.25, 0.3) is 11.3 Å². The maximum Gasteiger partial charge on any atom is 0.0935 e. The van der Waals surface area contributed by atoms with E-state index < -0.39 is 0 Å². The van der Waals surface area contributed by atoms with E-state index in [0.29, 0.717) is 0 Å². The van der Waals surface area contributed by atoms with Gasteiger partial charge in [-0.2, -0.15) is 0 Å². The van der Waals surface area contributed by atoms with Gasteiger partial charge in [0.25, 0.3) is 0 Å². The lowest BCUT2D eigenvalue weighted by Gasteiger charge is -2.13. The van der Waals surface area contributed by atoms with Crippen LogP contribution in [0.1, 0.15) is 11.4 Å². The fourth-order valence-corrected chi connectivity index (χ4v) is 1.85. The van der Waals surface area contributed by atoms with E-state index in [-0.39, 0.29) is 0 Å². The largest absolute Gasteiger partial charge is 0.364 e. The summed E-state index contributed by atoms with van der Waals surface area (Å²) in [5.74, 6) is 0. The first-order chi connectivity index (χ1) is 6.45. The van der Waals surface area contributed by atoms with Gasteiger partial charge < -0.3 is 4.98 Å². The Morgan fingerprint density at radius 1 is 1.15 bits per heavy atom. The van der Waals surface area contributed by atoms with Crippen molar-refractivity contribution in [2.24, 2.45) is 0 Å². The molecule has 1 N–H and O–H groups in total. The summed E-state index contributed by atoms with van der Waals surface area (Å²) in [5, 5.41) is 0. The molecule has 0 bridgehead atoms. The van der Waals surface area contributed by atoms with Crippen molar-refractivity contribution in [3.63, 3.8) is 0 Å². The molecule has 1 aliphatic rings. The highest BCUT2D eigenvalue weighted by atomic mass is 14.8. The highest BCUT2D eigenvalue weighted by Gasteiger charge is 2.17. The molecule has 3 heteroatoms. The molecule has 1 aliphatic carbocycles. The molecule has 3 rings (SSSR count). The van der Waals surface area contributed by atoms with Crippen molar-refractivity contribution in [3.8, 4) is 11.3 Å². The zero-order chi connectivity index (χ0) is 8.67. The van der Waals surface area contributed by atoms with Crippen molar-refractivity contribution in [3.05, 3.63) is 36.0 Å². The molecule has 0 aliphatic heterocycles. The second-order valence-electron chi connectivity index (χ2n) is 3.22. The van der Waals surface area contributed by atoms with Crippen molar-refractivity contribution in [2.45, 2.75) is 12.8 Å². The zero-order valence-corrected chi connectivity index (χ0v) is 7.12. The van der Waals surface area contributed by atoms with Gasteiger partial charge >= 0.3 is 0 Å². The van der Waals surface area contributed by atoms with Crippen molar-refractivity contribution in [2.75, 3.05) is 0 Å². The second kappa shape index (κ2) is 2.42. The molecule has 0 atom stereocenters. The van der Waals surface area contributed by atoms with Gasteiger partial charge in [-0.3, -0.25) is 9.97 Å². The third-order valence-electron chi connectivity index (χ3n) is 2.47. The number of aromatic amines is 1. The van der Waals surface area contributed by atoms with E-state index in [1.54, 1.807) is 12.4 Å². The van der Waals surface area contributed by atoms with Crippen LogP contribution in [0.2, 0.25) is 0 Å². The predicted molar refractivity (Wildman–Crippen MR) is 49.2 cm³/mol. The Bertz CT molecular complexity index is 445. The minimum absolute atomic E-state index is 0.997. The van der Waals surface area contributed by atoms with Gasteiger partial charge in [0.15, 0.2) is 0 Å². The first-order valence-corrected chi connectivity index (χ1v) is 4.41. The SMILES string of the molecule is c1cnc2c(n1)CCc1[nH]ccc1-2. The fourth-order valence-electron chi connectivity index (χ4n) is 1.85. The number of hydrogen-bond acceptors (Lipinski definition) is 2. The third kappa shape index (κ3) is 0.900. The summed E-state index contributed by atoms with van der Waals surface area (Å²) in [6, 6.07) is 2.07. The van der Waals surface area contributed by atoms with Gasteiger partial charge in [0, 0.05) is 29.8 Å². The molecule has 0 unspecified atom stereocenters. The molecule has 0 spiro atoms. The first-order valence-electron chi connectivity index (χ1n) is 4.41.